The molecule has 2 unspecified atom stereocenters. The van der Waals surface area contributed by atoms with E-state index >= 15 is 0 Å². The molecule has 2 N–H and O–H groups in total. The molecule has 5 nitrogen and oxygen atoms in total. The van der Waals surface area contributed by atoms with Gasteiger partial charge in [0.25, 0.3) is 0 Å². The molecule has 6 heteroatoms. The Bertz CT molecular complexity index is 621. The number of benzene rings is 1. The van der Waals surface area contributed by atoms with Gasteiger partial charge in [-0.25, -0.2) is 0 Å². The third-order valence-electron chi connectivity index (χ3n) is 3.40. The van der Waals surface area contributed by atoms with Gasteiger partial charge < -0.3 is 19.3 Å². The van der Waals surface area contributed by atoms with Crippen molar-refractivity contribution in [3.05, 3.63) is 58.9 Å². The maximum absolute atomic E-state index is 10.1. The molecule has 0 fully saturated rings. The van der Waals surface area contributed by atoms with Crippen molar-refractivity contribution in [1.82, 2.24) is 4.98 Å². The Kier molecular flexibility index (Phi) is 5.86. The molecule has 2 atom stereocenters. The molecular formula is C16H20NO4P. The largest absolute Gasteiger partial charge is 0.487 e. The Morgan fingerprint density at radius 2 is 1.91 bits per heavy atom. The van der Waals surface area contributed by atoms with Crippen molar-refractivity contribution in [2.45, 2.75) is 26.3 Å². The molecule has 1 aromatic heterocycles. The van der Waals surface area contributed by atoms with E-state index in [2.05, 4.69) is 4.98 Å². The van der Waals surface area contributed by atoms with E-state index in [-0.39, 0.29) is 0 Å². The van der Waals surface area contributed by atoms with Gasteiger partial charge in [-0.15, -0.1) is 0 Å². The first kappa shape index (κ1) is 16.8. The molecule has 0 amide bonds. The lowest BCUT2D eigenvalue weighted by molar-refractivity contribution is 0.220. The number of pyridine rings is 1. The van der Waals surface area contributed by atoms with Gasteiger partial charge in [-0.2, -0.15) is 0 Å². The van der Waals surface area contributed by atoms with Gasteiger partial charge in [0.05, 0.1) is 5.69 Å². The van der Waals surface area contributed by atoms with E-state index in [4.69, 9.17) is 9.26 Å². The predicted molar refractivity (Wildman–Crippen MR) is 85.6 cm³/mol. The van der Waals surface area contributed by atoms with Crippen molar-refractivity contribution in [1.29, 1.82) is 0 Å². The summed E-state index contributed by atoms with van der Waals surface area (Å²) in [7, 11) is -0.587. The summed E-state index contributed by atoms with van der Waals surface area (Å²) >= 11 is 0. The van der Waals surface area contributed by atoms with Gasteiger partial charge in [-0.05, 0) is 19.4 Å². The van der Waals surface area contributed by atoms with Crippen LogP contribution < -0.4 is 4.74 Å². The topological polar surface area (TPSA) is 71.8 Å². The van der Waals surface area contributed by atoms with Gasteiger partial charge in [0.2, 0.25) is 8.38 Å². The van der Waals surface area contributed by atoms with Gasteiger partial charge in [0.15, 0.2) is 0 Å². The SMILES string of the molecule is COP(O)C(O)c1cnc(C)c(OCc2ccccc2)c1C. The molecule has 0 saturated carbocycles. The normalized spacial score (nSPS) is 13.7. The Morgan fingerprint density at radius 3 is 2.55 bits per heavy atom. The molecule has 0 spiro atoms. The summed E-state index contributed by atoms with van der Waals surface area (Å²) < 4.78 is 10.7. The Hall–Kier alpha value is -1.52. The minimum atomic E-state index is -1.95. The number of aryl methyl sites for hydroxylation is 1. The Morgan fingerprint density at radius 1 is 1.23 bits per heavy atom. The minimum Gasteiger partial charge on any atom is -0.487 e. The highest BCUT2D eigenvalue weighted by atomic mass is 31.2. The fourth-order valence-electron chi connectivity index (χ4n) is 2.15. The van der Waals surface area contributed by atoms with Crippen LogP contribution in [-0.2, 0) is 11.1 Å². The van der Waals surface area contributed by atoms with Crippen LogP contribution in [-0.4, -0.2) is 22.1 Å². The lowest BCUT2D eigenvalue weighted by atomic mass is 10.1. The minimum absolute atomic E-state index is 0.419. The smallest absolute Gasteiger partial charge is 0.203 e. The van der Waals surface area contributed by atoms with Crippen molar-refractivity contribution in [2.24, 2.45) is 0 Å². The molecule has 1 heterocycles. The zero-order valence-corrected chi connectivity index (χ0v) is 13.7. The summed E-state index contributed by atoms with van der Waals surface area (Å²) in [5.74, 6) is -0.480. The van der Waals surface area contributed by atoms with Gasteiger partial charge in [-0.3, -0.25) is 4.98 Å². The first-order chi connectivity index (χ1) is 10.5. The highest BCUT2D eigenvalue weighted by molar-refractivity contribution is 7.46. The second-order valence-corrected chi connectivity index (χ2v) is 6.35. The zero-order valence-electron chi connectivity index (χ0n) is 12.9. The fraction of sp³-hybridized carbons (Fsp3) is 0.312. The fourth-order valence-corrected chi connectivity index (χ4v) is 2.84. The third-order valence-corrected chi connectivity index (χ3v) is 4.47. The van der Waals surface area contributed by atoms with Gasteiger partial charge in [0.1, 0.15) is 18.2 Å². The molecule has 2 aromatic rings. The monoisotopic (exact) mass is 321 g/mol. The average Bonchev–Trinajstić information content (AvgIpc) is 2.54. The van der Waals surface area contributed by atoms with Crippen LogP contribution in [0.3, 0.4) is 0 Å². The van der Waals surface area contributed by atoms with Crippen molar-refractivity contribution in [3.8, 4) is 5.75 Å². The van der Waals surface area contributed by atoms with E-state index < -0.39 is 14.2 Å². The molecule has 0 radical (unpaired) electrons. The standard InChI is InChI=1S/C16H20NO4P/c1-11-14(16(18)22(19)20-3)9-17-12(2)15(11)21-10-13-7-5-4-6-8-13/h4-9,16,18-19H,10H2,1-3H3. The summed E-state index contributed by atoms with van der Waals surface area (Å²) in [5, 5.41) is 10.1. The zero-order chi connectivity index (χ0) is 16.1. The summed E-state index contributed by atoms with van der Waals surface area (Å²) in [4.78, 5) is 13.9. The summed E-state index contributed by atoms with van der Waals surface area (Å²) in [6, 6.07) is 9.82. The molecule has 22 heavy (non-hydrogen) atoms. The summed E-state index contributed by atoms with van der Waals surface area (Å²) in [5.41, 5.74) is 3.07. The van der Waals surface area contributed by atoms with Crippen molar-refractivity contribution in [2.75, 3.05) is 7.11 Å². The first-order valence-corrected chi connectivity index (χ1v) is 8.15. The molecule has 0 saturated heterocycles. The Balaban J connectivity index is 2.23. The number of aromatic nitrogens is 1. The molecule has 1 aromatic carbocycles. The van der Waals surface area contributed by atoms with Crippen molar-refractivity contribution >= 4 is 8.38 Å². The molecule has 0 aliphatic heterocycles. The highest BCUT2D eigenvalue weighted by Crippen LogP contribution is 2.47. The number of hydrogen-bond donors (Lipinski definition) is 2. The second kappa shape index (κ2) is 7.65. The quantitative estimate of drug-likeness (QED) is 0.799. The average molecular weight is 321 g/mol. The number of hydrogen-bond acceptors (Lipinski definition) is 5. The maximum atomic E-state index is 10.1. The third kappa shape index (κ3) is 3.81. The van der Waals surface area contributed by atoms with E-state index in [1.807, 2.05) is 44.2 Å². The number of aliphatic hydroxyl groups excluding tert-OH is 1. The van der Waals surface area contributed by atoms with Gasteiger partial charge in [0, 0.05) is 24.4 Å². The Labute approximate surface area is 131 Å². The van der Waals surface area contributed by atoms with Crippen LogP contribution in [0.2, 0.25) is 0 Å². The van der Waals surface area contributed by atoms with Crippen LogP contribution >= 0.6 is 8.38 Å². The van der Waals surface area contributed by atoms with E-state index in [9.17, 15) is 10.00 Å². The van der Waals surface area contributed by atoms with E-state index in [0.717, 1.165) is 16.8 Å². The molecule has 2 rings (SSSR count). The molecule has 0 bridgehead atoms. The van der Waals surface area contributed by atoms with Gasteiger partial charge in [-0.1, -0.05) is 30.3 Å². The van der Waals surface area contributed by atoms with Crippen molar-refractivity contribution < 1.29 is 19.3 Å². The van der Waals surface area contributed by atoms with Crippen LogP contribution in [0.5, 0.6) is 5.75 Å². The summed E-state index contributed by atoms with van der Waals surface area (Å²) in [6.45, 7) is 4.11. The van der Waals surface area contributed by atoms with Crippen LogP contribution in [0, 0.1) is 13.8 Å². The van der Waals surface area contributed by atoms with Crippen LogP contribution in [0.15, 0.2) is 36.5 Å². The number of aliphatic hydroxyl groups is 1. The highest BCUT2D eigenvalue weighted by Gasteiger charge is 2.23. The van der Waals surface area contributed by atoms with Crippen LogP contribution in [0.25, 0.3) is 0 Å². The van der Waals surface area contributed by atoms with Crippen molar-refractivity contribution in [3.63, 3.8) is 0 Å². The van der Waals surface area contributed by atoms with E-state index in [1.165, 1.54) is 7.11 Å². The van der Waals surface area contributed by atoms with Gasteiger partial charge >= 0.3 is 0 Å². The predicted octanol–water partition coefficient (Wildman–Crippen LogP) is 3.22. The molecular weight excluding hydrogens is 301 g/mol. The number of rotatable bonds is 6. The lowest BCUT2D eigenvalue weighted by Crippen LogP contribution is -2.06. The van der Waals surface area contributed by atoms with E-state index in [0.29, 0.717) is 17.9 Å². The molecule has 118 valence electrons. The van der Waals surface area contributed by atoms with Crippen LogP contribution in [0.1, 0.15) is 28.2 Å². The maximum Gasteiger partial charge on any atom is 0.203 e. The van der Waals surface area contributed by atoms with E-state index in [1.54, 1.807) is 6.20 Å². The second-order valence-electron chi connectivity index (χ2n) is 4.89. The van der Waals surface area contributed by atoms with Crippen LogP contribution in [0.4, 0.5) is 0 Å². The lowest BCUT2D eigenvalue weighted by Gasteiger charge is -2.20. The summed E-state index contributed by atoms with van der Waals surface area (Å²) in [6.07, 6.45) is 1.55. The molecule has 0 aliphatic carbocycles. The number of ether oxygens (including phenoxy) is 1. The first-order valence-electron chi connectivity index (χ1n) is 6.87. The number of nitrogens with zero attached hydrogens (tertiary/aromatic N) is 1. The molecule has 0 aliphatic rings.